The van der Waals surface area contributed by atoms with Crippen LogP contribution in [-0.4, -0.2) is 16.2 Å². The standard InChI is InChI=1S/C25H25FN2O/c1-18-10-9-11-19(2)24(18)29-17-8-7-16-28-23-15-6-5-14-22(23)27-25(28)20-12-3-4-13-21(20)26/h3-6,9-15H,7-8,16-17H2,1-2H3. The fraction of sp³-hybridized carbons (Fsp3) is 0.240. The number of aromatic nitrogens is 2. The molecule has 0 saturated carbocycles. The number of nitrogens with zero attached hydrogens (tertiary/aromatic N) is 2. The summed E-state index contributed by atoms with van der Waals surface area (Å²) >= 11 is 0. The van der Waals surface area contributed by atoms with Crippen LogP contribution in [0.1, 0.15) is 24.0 Å². The third-order valence-corrected chi connectivity index (χ3v) is 5.20. The van der Waals surface area contributed by atoms with E-state index in [0.29, 0.717) is 18.0 Å². The Labute approximate surface area is 170 Å². The summed E-state index contributed by atoms with van der Waals surface area (Å²) in [5.41, 5.74) is 4.77. The van der Waals surface area contributed by atoms with E-state index >= 15 is 0 Å². The molecular formula is C25H25FN2O. The summed E-state index contributed by atoms with van der Waals surface area (Å²) in [4.78, 5) is 4.71. The number of rotatable bonds is 7. The fourth-order valence-electron chi connectivity index (χ4n) is 3.72. The average Bonchev–Trinajstić information content (AvgIpc) is 3.08. The highest BCUT2D eigenvalue weighted by molar-refractivity contribution is 5.80. The van der Waals surface area contributed by atoms with Crippen molar-refractivity contribution in [2.75, 3.05) is 6.61 Å². The molecule has 4 aromatic rings. The highest BCUT2D eigenvalue weighted by atomic mass is 19.1. The molecule has 0 unspecified atom stereocenters. The third kappa shape index (κ3) is 4.02. The Bertz CT molecular complexity index is 1110. The monoisotopic (exact) mass is 388 g/mol. The van der Waals surface area contributed by atoms with Crippen LogP contribution in [0, 0.1) is 19.7 Å². The molecule has 1 heterocycles. The highest BCUT2D eigenvalue weighted by Crippen LogP contribution is 2.27. The Morgan fingerprint density at radius 1 is 0.862 bits per heavy atom. The second-order valence-corrected chi connectivity index (χ2v) is 7.33. The Hall–Kier alpha value is -3.14. The smallest absolute Gasteiger partial charge is 0.144 e. The van der Waals surface area contributed by atoms with Crippen molar-refractivity contribution in [3.63, 3.8) is 0 Å². The van der Waals surface area contributed by atoms with Gasteiger partial charge in [0.2, 0.25) is 0 Å². The normalized spacial score (nSPS) is 11.1. The minimum Gasteiger partial charge on any atom is -0.493 e. The van der Waals surface area contributed by atoms with E-state index in [-0.39, 0.29) is 5.82 Å². The van der Waals surface area contributed by atoms with Crippen molar-refractivity contribution in [3.8, 4) is 17.1 Å². The maximum Gasteiger partial charge on any atom is 0.144 e. The summed E-state index contributed by atoms with van der Waals surface area (Å²) < 4.78 is 22.6. The van der Waals surface area contributed by atoms with E-state index in [0.717, 1.165) is 47.3 Å². The Morgan fingerprint density at radius 2 is 1.59 bits per heavy atom. The van der Waals surface area contributed by atoms with Crippen LogP contribution in [0.2, 0.25) is 0 Å². The number of unbranched alkanes of at least 4 members (excludes halogenated alkanes) is 1. The Balaban J connectivity index is 1.49. The largest absolute Gasteiger partial charge is 0.493 e. The molecule has 1 aromatic heterocycles. The van der Waals surface area contributed by atoms with Gasteiger partial charge < -0.3 is 9.30 Å². The molecule has 4 rings (SSSR count). The van der Waals surface area contributed by atoms with Crippen molar-refractivity contribution in [1.82, 2.24) is 9.55 Å². The van der Waals surface area contributed by atoms with Gasteiger partial charge in [-0.25, -0.2) is 9.37 Å². The maximum absolute atomic E-state index is 14.4. The van der Waals surface area contributed by atoms with Gasteiger partial charge in [0.1, 0.15) is 17.4 Å². The van der Waals surface area contributed by atoms with Gasteiger partial charge >= 0.3 is 0 Å². The predicted molar refractivity (Wildman–Crippen MR) is 116 cm³/mol. The first-order chi connectivity index (χ1) is 14.1. The minimum absolute atomic E-state index is 0.248. The summed E-state index contributed by atoms with van der Waals surface area (Å²) in [5.74, 6) is 1.41. The van der Waals surface area contributed by atoms with Gasteiger partial charge in [0.05, 0.1) is 23.2 Å². The van der Waals surface area contributed by atoms with Crippen LogP contribution in [0.4, 0.5) is 4.39 Å². The number of para-hydroxylation sites is 3. The number of ether oxygens (including phenoxy) is 1. The van der Waals surface area contributed by atoms with Gasteiger partial charge in [-0.1, -0.05) is 42.5 Å². The van der Waals surface area contributed by atoms with Crippen molar-refractivity contribution in [2.24, 2.45) is 0 Å². The molecule has 3 aromatic carbocycles. The molecule has 0 aliphatic carbocycles. The molecule has 4 heteroatoms. The summed E-state index contributed by atoms with van der Waals surface area (Å²) in [6.07, 6.45) is 1.84. The van der Waals surface area contributed by atoms with E-state index in [9.17, 15) is 4.39 Å². The second kappa shape index (κ2) is 8.48. The van der Waals surface area contributed by atoms with Crippen molar-refractivity contribution in [1.29, 1.82) is 0 Å². The first-order valence-corrected chi connectivity index (χ1v) is 10.0. The lowest BCUT2D eigenvalue weighted by atomic mass is 10.1. The lowest BCUT2D eigenvalue weighted by Gasteiger charge is -2.13. The van der Waals surface area contributed by atoms with Crippen LogP contribution in [0.25, 0.3) is 22.4 Å². The van der Waals surface area contributed by atoms with Crippen LogP contribution in [0.15, 0.2) is 66.7 Å². The van der Waals surface area contributed by atoms with Gasteiger partial charge in [0.15, 0.2) is 0 Å². The molecule has 3 nitrogen and oxygen atoms in total. The van der Waals surface area contributed by atoms with Crippen molar-refractivity contribution in [2.45, 2.75) is 33.2 Å². The van der Waals surface area contributed by atoms with Crippen LogP contribution < -0.4 is 4.74 Å². The Kier molecular flexibility index (Phi) is 5.61. The molecule has 0 N–H and O–H groups in total. The first-order valence-electron chi connectivity index (χ1n) is 10.0. The van der Waals surface area contributed by atoms with Crippen LogP contribution in [0.5, 0.6) is 5.75 Å². The number of aryl methyl sites for hydroxylation is 3. The molecule has 0 aliphatic rings. The summed E-state index contributed by atoms with van der Waals surface area (Å²) in [6, 6.07) is 21.0. The lowest BCUT2D eigenvalue weighted by Crippen LogP contribution is -2.05. The molecule has 29 heavy (non-hydrogen) atoms. The SMILES string of the molecule is Cc1cccc(C)c1OCCCCn1c(-c2ccccc2F)nc2ccccc21. The van der Waals surface area contributed by atoms with Gasteiger partial charge in [-0.15, -0.1) is 0 Å². The summed E-state index contributed by atoms with van der Waals surface area (Å²) in [7, 11) is 0. The van der Waals surface area contributed by atoms with Gasteiger partial charge in [-0.05, 0) is 62.1 Å². The maximum atomic E-state index is 14.4. The van der Waals surface area contributed by atoms with Gasteiger partial charge in [-0.2, -0.15) is 0 Å². The van der Waals surface area contributed by atoms with E-state index in [4.69, 9.17) is 9.72 Å². The summed E-state index contributed by atoms with van der Waals surface area (Å²) in [5, 5.41) is 0. The van der Waals surface area contributed by atoms with E-state index in [1.165, 1.54) is 6.07 Å². The van der Waals surface area contributed by atoms with Crippen LogP contribution >= 0.6 is 0 Å². The quantitative estimate of drug-likeness (QED) is 0.347. The van der Waals surface area contributed by atoms with Gasteiger partial charge in [0.25, 0.3) is 0 Å². The molecule has 0 aliphatic heterocycles. The minimum atomic E-state index is -0.248. The van der Waals surface area contributed by atoms with Gasteiger partial charge in [-0.3, -0.25) is 0 Å². The van der Waals surface area contributed by atoms with E-state index in [1.807, 2.05) is 36.4 Å². The Morgan fingerprint density at radius 3 is 2.38 bits per heavy atom. The average molecular weight is 388 g/mol. The molecule has 0 bridgehead atoms. The number of benzene rings is 3. The zero-order chi connectivity index (χ0) is 20.2. The molecule has 0 atom stereocenters. The summed E-state index contributed by atoms with van der Waals surface area (Å²) in [6.45, 7) is 5.56. The lowest BCUT2D eigenvalue weighted by molar-refractivity contribution is 0.300. The molecule has 0 fully saturated rings. The molecule has 0 amide bonds. The fourth-order valence-corrected chi connectivity index (χ4v) is 3.72. The number of hydrogen-bond donors (Lipinski definition) is 0. The molecule has 148 valence electrons. The number of fused-ring (bicyclic) bond motifs is 1. The predicted octanol–water partition coefficient (Wildman–Crippen LogP) is 6.32. The molecule has 0 saturated heterocycles. The molecular weight excluding hydrogens is 363 g/mol. The van der Waals surface area contributed by atoms with Crippen LogP contribution in [0.3, 0.4) is 0 Å². The number of halogens is 1. The topological polar surface area (TPSA) is 27.1 Å². The van der Waals surface area contributed by atoms with E-state index in [2.05, 4.69) is 30.5 Å². The third-order valence-electron chi connectivity index (χ3n) is 5.20. The van der Waals surface area contributed by atoms with Crippen LogP contribution in [-0.2, 0) is 6.54 Å². The number of hydrogen-bond acceptors (Lipinski definition) is 2. The molecule has 0 spiro atoms. The van der Waals surface area contributed by atoms with Crippen molar-refractivity contribution < 1.29 is 9.13 Å². The second-order valence-electron chi connectivity index (χ2n) is 7.33. The zero-order valence-electron chi connectivity index (χ0n) is 16.9. The van der Waals surface area contributed by atoms with Crippen molar-refractivity contribution in [3.05, 3.63) is 83.7 Å². The number of imidazole rings is 1. The molecule has 0 radical (unpaired) electrons. The highest BCUT2D eigenvalue weighted by Gasteiger charge is 2.15. The first kappa shape index (κ1) is 19.2. The van der Waals surface area contributed by atoms with Gasteiger partial charge in [0, 0.05) is 6.54 Å². The van der Waals surface area contributed by atoms with E-state index in [1.54, 1.807) is 12.1 Å². The van der Waals surface area contributed by atoms with Crippen molar-refractivity contribution >= 4 is 11.0 Å². The zero-order valence-corrected chi connectivity index (χ0v) is 16.9. The van der Waals surface area contributed by atoms with E-state index < -0.39 is 0 Å².